The molecule has 0 radical (unpaired) electrons. The van der Waals surface area contributed by atoms with Crippen molar-refractivity contribution in [1.82, 2.24) is 14.4 Å². The van der Waals surface area contributed by atoms with Crippen molar-refractivity contribution in [3.05, 3.63) is 64.5 Å². The van der Waals surface area contributed by atoms with E-state index in [9.17, 15) is 13.2 Å². The minimum atomic E-state index is -3.73. The Balaban J connectivity index is 1.72. The van der Waals surface area contributed by atoms with Gasteiger partial charge >= 0.3 is 5.97 Å². The summed E-state index contributed by atoms with van der Waals surface area (Å²) in [7, 11) is -0.938. The molecule has 164 valence electrons. The van der Waals surface area contributed by atoms with Gasteiger partial charge in [0.1, 0.15) is 0 Å². The van der Waals surface area contributed by atoms with Gasteiger partial charge in [-0.05, 0) is 29.7 Å². The van der Waals surface area contributed by atoms with Crippen LogP contribution in [0.5, 0.6) is 0 Å². The lowest BCUT2D eigenvalue weighted by atomic mass is 10.0. The van der Waals surface area contributed by atoms with Crippen LogP contribution in [-0.2, 0) is 21.4 Å². The van der Waals surface area contributed by atoms with Crippen LogP contribution in [0.1, 0.15) is 41.6 Å². The van der Waals surface area contributed by atoms with Crippen LogP contribution in [0, 0.1) is 0 Å². The third kappa shape index (κ3) is 5.12. The number of halogens is 1. The molecule has 10 heteroatoms. The number of hydrogen-bond acceptors (Lipinski definition) is 7. The SMILES string of the molecule is CC(C)c1ccc(-c2noc(COC(=O)c3cc(S(=O)(=O)N(C)C)ccc3Cl)n2)cc1. The van der Waals surface area contributed by atoms with Gasteiger partial charge in [-0.15, -0.1) is 0 Å². The molecule has 31 heavy (non-hydrogen) atoms. The molecule has 8 nitrogen and oxygen atoms in total. The molecular formula is C21H22ClN3O5S. The normalized spacial score (nSPS) is 11.8. The van der Waals surface area contributed by atoms with E-state index >= 15 is 0 Å². The number of benzene rings is 2. The van der Waals surface area contributed by atoms with Crippen molar-refractivity contribution in [2.24, 2.45) is 0 Å². The summed E-state index contributed by atoms with van der Waals surface area (Å²) in [6.45, 7) is 3.93. The number of nitrogens with zero attached hydrogens (tertiary/aromatic N) is 3. The lowest BCUT2D eigenvalue weighted by Crippen LogP contribution is -2.22. The van der Waals surface area contributed by atoms with Gasteiger partial charge in [-0.25, -0.2) is 17.5 Å². The lowest BCUT2D eigenvalue weighted by Gasteiger charge is -2.12. The molecule has 0 aliphatic carbocycles. The summed E-state index contributed by atoms with van der Waals surface area (Å²) < 4.78 is 36.0. The number of aromatic nitrogens is 2. The molecule has 0 bridgehead atoms. The molecular weight excluding hydrogens is 442 g/mol. The van der Waals surface area contributed by atoms with Crippen LogP contribution in [-0.4, -0.2) is 42.9 Å². The Kier molecular flexibility index (Phi) is 6.78. The number of carbonyl (C=O) groups excluding carboxylic acids is 1. The first-order chi connectivity index (χ1) is 14.6. The van der Waals surface area contributed by atoms with Crippen molar-refractivity contribution in [2.75, 3.05) is 14.1 Å². The Labute approximate surface area is 185 Å². The summed E-state index contributed by atoms with van der Waals surface area (Å²) in [5.41, 5.74) is 1.89. The van der Waals surface area contributed by atoms with Crippen LogP contribution >= 0.6 is 11.6 Å². The van der Waals surface area contributed by atoms with Gasteiger partial charge in [0, 0.05) is 19.7 Å². The summed E-state index contributed by atoms with van der Waals surface area (Å²) >= 11 is 6.06. The zero-order valence-corrected chi connectivity index (χ0v) is 19.1. The molecule has 0 fully saturated rings. The fraction of sp³-hybridized carbons (Fsp3) is 0.286. The summed E-state index contributed by atoms with van der Waals surface area (Å²) in [4.78, 5) is 16.6. The van der Waals surface area contributed by atoms with Gasteiger partial charge in [-0.2, -0.15) is 4.98 Å². The standard InChI is InChI=1S/C21H22ClN3O5S/c1-13(2)14-5-7-15(8-6-14)20-23-19(30-24-20)12-29-21(26)17-11-16(9-10-18(17)22)31(27,28)25(3)4/h5-11,13H,12H2,1-4H3. The van der Waals surface area contributed by atoms with E-state index in [0.717, 1.165) is 9.87 Å². The maximum absolute atomic E-state index is 12.5. The predicted molar refractivity (Wildman–Crippen MR) is 115 cm³/mol. The van der Waals surface area contributed by atoms with E-state index in [2.05, 4.69) is 24.0 Å². The van der Waals surface area contributed by atoms with Crippen molar-refractivity contribution in [1.29, 1.82) is 0 Å². The molecule has 3 aromatic rings. The van der Waals surface area contributed by atoms with E-state index in [1.165, 1.54) is 37.9 Å². The maximum Gasteiger partial charge on any atom is 0.340 e. The van der Waals surface area contributed by atoms with Crippen molar-refractivity contribution < 1.29 is 22.5 Å². The second-order valence-electron chi connectivity index (χ2n) is 7.29. The monoisotopic (exact) mass is 463 g/mol. The molecule has 3 rings (SSSR count). The molecule has 0 amide bonds. The maximum atomic E-state index is 12.5. The Morgan fingerprint density at radius 3 is 2.45 bits per heavy atom. The second kappa shape index (κ2) is 9.17. The van der Waals surface area contributed by atoms with Crippen molar-refractivity contribution in [3.63, 3.8) is 0 Å². The molecule has 0 spiro atoms. The molecule has 0 N–H and O–H groups in total. The minimum Gasteiger partial charge on any atom is -0.452 e. The molecule has 0 saturated carbocycles. The fourth-order valence-corrected chi connectivity index (χ4v) is 3.81. The minimum absolute atomic E-state index is 0.0687. The summed E-state index contributed by atoms with van der Waals surface area (Å²) in [6.07, 6.45) is 0. The smallest absolute Gasteiger partial charge is 0.340 e. The zero-order chi connectivity index (χ0) is 22.8. The highest BCUT2D eigenvalue weighted by atomic mass is 35.5. The number of sulfonamides is 1. The summed E-state index contributed by atoms with van der Waals surface area (Å²) in [6, 6.07) is 11.6. The molecule has 0 unspecified atom stereocenters. The Bertz CT molecular complexity index is 1190. The average Bonchev–Trinajstić information content (AvgIpc) is 3.21. The van der Waals surface area contributed by atoms with Gasteiger partial charge in [0.2, 0.25) is 15.8 Å². The molecule has 0 aliphatic heterocycles. The number of ether oxygens (including phenoxy) is 1. The van der Waals surface area contributed by atoms with Crippen molar-refractivity contribution in [3.8, 4) is 11.4 Å². The molecule has 2 aromatic carbocycles. The van der Waals surface area contributed by atoms with Gasteiger partial charge in [-0.1, -0.05) is 54.9 Å². The predicted octanol–water partition coefficient (Wildman–Crippen LogP) is 4.12. The van der Waals surface area contributed by atoms with Crippen LogP contribution in [0.4, 0.5) is 0 Å². The first kappa shape index (κ1) is 22.9. The van der Waals surface area contributed by atoms with E-state index in [1.807, 2.05) is 24.3 Å². The van der Waals surface area contributed by atoms with Crippen LogP contribution in [0.15, 0.2) is 51.9 Å². The molecule has 1 aromatic heterocycles. The van der Waals surface area contributed by atoms with Gasteiger partial charge in [0.15, 0.2) is 6.61 Å². The third-order valence-electron chi connectivity index (χ3n) is 4.57. The van der Waals surface area contributed by atoms with Crippen LogP contribution < -0.4 is 0 Å². The molecule has 0 aliphatic rings. The van der Waals surface area contributed by atoms with Gasteiger partial charge in [0.25, 0.3) is 5.89 Å². The average molecular weight is 464 g/mol. The van der Waals surface area contributed by atoms with Crippen molar-refractivity contribution >= 4 is 27.6 Å². The molecule has 0 atom stereocenters. The topological polar surface area (TPSA) is 103 Å². The van der Waals surface area contributed by atoms with Crippen LogP contribution in [0.3, 0.4) is 0 Å². The lowest BCUT2D eigenvalue weighted by molar-refractivity contribution is 0.0429. The Hall–Kier alpha value is -2.75. The van der Waals surface area contributed by atoms with E-state index in [-0.39, 0.29) is 28.0 Å². The molecule has 0 saturated heterocycles. The summed E-state index contributed by atoms with van der Waals surface area (Å²) in [5.74, 6) is 0.0807. The fourth-order valence-electron chi connectivity index (χ4n) is 2.68. The highest BCUT2D eigenvalue weighted by Crippen LogP contribution is 2.24. The van der Waals surface area contributed by atoms with Crippen LogP contribution in [0.2, 0.25) is 5.02 Å². The number of rotatable bonds is 7. The van der Waals surface area contributed by atoms with E-state index in [1.54, 1.807) is 0 Å². The van der Waals surface area contributed by atoms with Crippen LogP contribution in [0.25, 0.3) is 11.4 Å². The largest absolute Gasteiger partial charge is 0.452 e. The zero-order valence-electron chi connectivity index (χ0n) is 17.5. The Morgan fingerprint density at radius 2 is 1.84 bits per heavy atom. The molecule has 1 heterocycles. The van der Waals surface area contributed by atoms with Gasteiger partial charge in [0.05, 0.1) is 15.5 Å². The summed E-state index contributed by atoms with van der Waals surface area (Å²) in [5, 5.41) is 3.98. The highest BCUT2D eigenvalue weighted by molar-refractivity contribution is 7.89. The number of esters is 1. The first-order valence-corrected chi connectivity index (χ1v) is 11.2. The van der Waals surface area contributed by atoms with Gasteiger partial charge < -0.3 is 9.26 Å². The highest BCUT2D eigenvalue weighted by Gasteiger charge is 2.22. The van der Waals surface area contributed by atoms with Crippen molar-refractivity contribution in [2.45, 2.75) is 31.3 Å². The first-order valence-electron chi connectivity index (χ1n) is 9.41. The Morgan fingerprint density at radius 1 is 1.16 bits per heavy atom. The quantitative estimate of drug-likeness (QED) is 0.485. The van der Waals surface area contributed by atoms with E-state index < -0.39 is 16.0 Å². The number of carbonyl (C=O) groups is 1. The second-order valence-corrected chi connectivity index (χ2v) is 9.85. The third-order valence-corrected chi connectivity index (χ3v) is 6.71. The number of hydrogen-bond donors (Lipinski definition) is 0. The van der Waals surface area contributed by atoms with E-state index in [0.29, 0.717) is 11.7 Å². The van der Waals surface area contributed by atoms with Gasteiger partial charge in [-0.3, -0.25) is 0 Å². The van der Waals surface area contributed by atoms with E-state index in [4.69, 9.17) is 20.9 Å².